The van der Waals surface area contributed by atoms with Crippen molar-refractivity contribution in [3.8, 4) is 27.6 Å². The first-order chi connectivity index (χ1) is 16.0. The lowest BCUT2D eigenvalue weighted by Crippen LogP contribution is -2.10. The van der Waals surface area contributed by atoms with Gasteiger partial charge in [-0.2, -0.15) is 5.10 Å². The fourth-order valence-electron chi connectivity index (χ4n) is 3.29. The molecule has 0 saturated heterocycles. The quantitative estimate of drug-likeness (QED) is 0.229. The third-order valence-electron chi connectivity index (χ3n) is 4.93. The molecule has 0 N–H and O–H groups in total. The second-order valence-electron chi connectivity index (χ2n) is 8.63. The van der Waals surface area contributed by atoms with Crippen molar-refractivity contribution in [2.75, 3.05) is 0 Å². The lowest BCUT2D eigenvalue weighted by Gasteiger charge is -2.12. The maximum absolute atomic E-state index is 11.7. The number of benzene rings is 2. The predicted molar refractivity (Wildman–Crippen MR) is 140 cm³/mol. The minimum Gasteiger partial charge on any atom is -0.461 e. The van der Waals surface area contributed by atoms with Crippen molar-refractivity contribution in [3.63, 3.8) is 0 Å². The van der Waals surface area contributed by atoms with Crippen molar-refractivity contribution < 1.29 is 9.53 Å². The van der Waals surface area contributed by atoms with Crippen LogP contribution in [0.5, 0.6) is 0 Å². The zero-order chi connectivity index (χ0) is 24.6. The van der Waals surface area contributed by atoms with Gasteiger partial charge in [0.2, 0.25) is 0 Å². The molecule has 10 heteroatoms. The van der Waals surface area contributed by atoms with Gasteiger partial charge < -0.3 is 4.74 Å². The number of carbonyl (C=O) groups excluding carboxylic acids is 1. The highest BCUT2D eigenvalue weighted by Gasteiger charge is 2.27. The van der Waals surface area contributed by atoms with Crippen LogP contribution >= 0.6 is 50.5 Å². The number of hydrogen-bond acceptors (Lipinski definition) is 6. The van der Waals surface area contributed by atoms with E-state index in [1.165, 1.54) is 18.3 Å². The van der Waals surface area contributed by atoms with E-state index in [4.69, 9.17) is 33.0 Å². The Bertz CT molecular complexity index is 1360. The van der Waals surface area contributed by atoms with Gasteiger partial charge in [0.05, 0.1) is 16.4 Å². The van der Waals surface area contributed by atoms with Gasteiger partial charge in [-0.05, 0) is 30.3 Å². The molecular weight excluding hydrogens is 559 g/mol. The summed E-state index contributed by atoms with van der Waals surface area (Å²) in [6, 6.07) is 13.0. The van der Waals surface area contributed by atoms with Gasteiger partial charge in [0.25, 0.3) is 0 Å². The van der Waals surface area contributed by atoms with E-state index in [2.05, 4.69) is 46.9 Å². The Morgan fingerprint density at radius 1 is 1.12 bits per heavy atom. The number of aromatic nitrogens is 4. The van der Waals surface area contributed by atoms with E-state index in [-0.39, 0.29) is 12.0 Å². The summed E-state index contributed by atoms with van der Waals surface area (Å²) in [4.78, 5) is 11.7. The van der Waals surface area contributed by atoms with Gasteiger partial charge in [-0.25, -0.2) is 4.68 Å². The summed E-state index contributed by atoms with van der Waals surface area (Å²) in [6.07, 6.45) is 0. The first kappa shape index (κ1) is 24.9. The Hall–Kier alpha value is -2.26. The zero-order valence-corrected chi connectivity index (χ0v) is 22.8. The molecule has 0 amide bonds. The summed E-state index contributed by atoms with van der Waals surface area (Å²) >= 11 is 17.7. The Morgan fingerprint density at radius 2 is 1.82 bits per heavy atom. The topological polar surface area (TPSA) is 69.9 Å². The number of hydrogen-bond donors (Lipinski definition) is 0. The van der Waals surface area contributed by atoms with Crippen LogP contribution in [0, 0.1) is 0 Å². The lowest BCUT2D eigenvalue weighted by atomic mass is 9.98. The summed E-state index contributed by atoms with van der Waals surface area (Å²) in [5.41, 5.74) is 3.37. The lowest BCUT2D eigenvalue weighted by molar-refractivity contribution is -0.142. The zero-order valence-electron chi connectivity index (χ0n) is 18.9. The Kier molecular flexibility index (Phi) is 7.14. The summed E-state index contributed by atoms with van der Waals surface area (Å²) in [5, 5.41) is 16.2. The third-order valence-corrected chi connectivity index (χ3v) is 7.35. The molecule has 0 saturated carbocycles. The van der Waals surface area contributed by atoms with Crippen molar-refractivity contribution in [1.82, 2.24) is 20.0 Å². The van der Waals surface area contributed by atoms with Crippen LogP contribution in [0.25, 0.3) is 27.6 Å². The molecule has 2 aromatic carbocycles. The molecule has 0 fully saturated rings. The van der Waals surface area contributed by atoms with Crippen LogP contribution in [0.1, 0.15) is 38.3 Å². The second kappa shape index (κ2) is 9.77. The predicted octanol–water partition coefficient (Wildman–Crippen LogP) is 7.49. The van der Waals surface area contributed by atoms with E-state index >= 15 is 0 Å². The Morgan fingerprint density at radius 3 is 2.41 bits per heavy atom. The molecule has 2 heterocycles. The van der Waals surface area contributed by atoms with Crippen molar-refractivity contribution in [2.45, 2.75) is 39.7 Å². The SMILES string of the molecule is CC(=O)OCc1c(-c2nnc(C(C)(C)C)s2)nn(-c2ccc(Cl)cc2Cl)c1-c1ccc(Br)cc1. The van der Waals surface area contributed by atoms with E-state index in [9.17, 15) is 4.79 Å². The van der Waals surface area contributed by atoms with E-state index in [0.29, 0.717) is 32.0 Å². The number of carbonyl (C=O) groups is 1. The number of rotatable bonds is 5. The van der Waals surface area contributed by atoms with Gasteiger partial charge in [0.15, 0.2) is 5.01 Å². The van der Waals surface area contributed by atoms with Crippen molar-refractivity contribution in [2.24, 2.45) is 0 Å². The second-order valence-corrected chi connectivity index (χ2v) is 11.4. The normalized spacial score (nSPS) is 11.6. The van der Waals surface area contributed by atoms with Crippen LogP contribution in [-0.2, 0) is 21.6 Å². The van der Waals surface area contributed by atoms with Gasteiger partial charge >= 0.3 is 5.97 Å². The molecule has 4 aromatic rings. The molecule has 6 nitrogen and oxygen atoms in total. The maximum Gasteiger partial charge on any atom is 0.302 e. The molecule has 4 rings (SSSR count). The smallest absolute Gasteiger partial charge is 0.302 e. The first-order valence-electron chi connectivity index (χ1n) is 10.4. The van der Waals surface area contributed by atoms with Crippen LogP contribution in [0.2, 0.25) is 10.0 Å². The highest BCUT2D eigenvalue weighted by molar-refractivity contribution is 9.10. The molecule has 0 radical (unpaired) electrons. The summed E-state index contributed by atoms with van der Waals surface area (Å²) < 4.78 is 8.13. The molecule has 0 unspecified atom stereocenters. The molecule has 2 aromatic heterocycles. The fourth-order valence-corrected chi connectivity index (χ4v) is 4.95. The van der Waals surface area contributed by atoms with Crippen LogP contribution < -0.4 is 0 Å². The molecule has 0 aliphatic carbocycles. The van der Waals surface area contributed by atoms with Gasteiger partial charge in [0.1, 0.15) is 17.3 Å². The summed E-state index contributed by atoms with van der Waals surface area (Å²) in [5.74, 6) is -0.391. The highest BCUT2D eigenvalue weighted by atomic mass is 79.9. The molecule has 34 heavy (non-hydrogen) atoms. The molecule has 0 spiro atoms. The minimum atomic E-state index is -0.391. The first-order valence-corrected chi connectivity index (χ1v) is 12.7. The molecule has 176 valence electrons. The summed E-state index contributed by atoms with van der Waals surface area (Å²) in [6.45, 7) is 7.64. The molecule has 0 atom stereocenters. The van der Waals surface area contributed by atoms with Crippen molar-refractivity contribution >= 4 is 56.4 Å². The monoisotopic (exact) mass is 578 g/mol. The minimum absolute atomic E-state index is 0.0195. The van der Waals surface area contributed by atoms with Gasteiger partial charge in [-0.3, -0.25) is 4.79 Å². The van der Waals surface area contributed by atoms with Gasteiger partial charge in [0, 0.05) is 33.0 Å². The largest absolute Gasteiger partial charge is 0.461 e. The summed E-state index contributed by atoms with van der Waals surface area (Å²) in [7, 11) is 0. The standard InChI is InChI=1S/C24H21BrCl2N4O2S/c1-13(32)33-12-17-20(22-28-29-23(34-22)24(2,3)4)30-31(19-10-9-16(26)11-18(19)27)21(17)14-5-7-15(25)8-6-14/h5-11H,12H2,1-4H3. The Balaban J connectivity index is 2.01. The molecule has 0 aliphatic heterocycles. The van der Waals surface area contributed by atoms with Crippen LogP contribution in [0.15, 0.2) is 46.9 Å². The number of nitrogens with zero attached hydrogens (tertiary/aromatic N) is 4. The van der Waals surface area contributed by atoms with E-state index < -0.39 is 5.97 Å². The third kappa shape index (κ3) is 5.20. The van der Waals surface area contributed by atoms with Crippen LogP contribution in [0.4, 0.5) is 0 Å². The van der Waals surface area contributed by atoms with Gasteiger partial charge in [-0.1, -0.05) is 83.4 Å². The van der Waals surface area contributed by atoms with Gasteiger partial charge in [-0.15, -0.1) is 10.2 Å². The van der Waals surface area contributed by atoms with E-state index in [1.54, 1.807) is 22.9 Å². The molecular formula is C24H21BrCl2N4O2S. The number of halogens is 3. The molecule has 0 bridgehead atoms. The maximum atomic E-state index is 11.7. The number of esters is 1. The molecule has 0 aliphatic rings. The van der Waals surface area contributed by atoms with E-state index in [1.807, 2.05) is 24.3 Å². The fraction of sp³-hybridized carbons (Fsp3) is 0.250. The van der Waals surface area contributed by atoms with E-state index in [0.717, 1.165) is 20.7 Å². The highest BCUT2D eigenvalue weighted by Crippen LogP contribution is 2.39. The van der Waals surface area contributed by atoms with Crippen LogP contribution in [-0.4, -0.2) is 25.9 Å². The van der Waals surface area contributed by atoms with Crippen molar-refractivity contribution in [3.05, 3.63) is 67.6 Å². The number of ether oxygens (including phenoxy) is 1. The average molecular weight is 580 g/mol. The Labute approximate surface area is 220 Å². The van der Waals surface area contributed by atoms with Crippen molar-refractivity contribution in [1.29, 1.82) is 0 Å². The van der Waals surface area contributed by atoms with Crippen LogP contribution in [0.3, 0.4) is 0 Å². The average Bonchev–Trinajstić information content (AvgIpc) is 3.38.